The summed E-state index contributed by atoms with van der Waals surface area (Å²) in [6.45, 7) is 2.54. The van der Waals surface area contributed by atoms with Crippen LogP contribution in [0.2, 0.25) is 0 Å². The molecule has 2 N–H and O–H groups in total. The van der Waals surface area contributed by atoms with Gasteiger partial charge in [-0.2, -0.15) is 13.2 Å². The summed E-state index contributed by atoms with van der Waals surface area (Å²) in [5, 5.41) is 0. The molecular weight excluding hydrogens is 274 g/mol. The second-order valence-electron chi connectivity index (χ2n) is 5.03. The standard InChI is InChI=1S/C14H17F4NO/c1-2-12-9(5-6-20-12)13(19)8-3-4-10(11(15)7-8)14(16,17)18/h3-4,7,9,12-13H,2,5-6,19H2,1H3. The maximum atomic E-state index is 13.6. The van der Waals surface area contributed by atoms with Crippen LogP contribution in [-0.2, 0) is 10.9 Å². The van der Waals surface area contributed by atoms with E-state index in [0.29, 0.717) is 12.2 Å². The fourth-order valence-electron chi connectivity index (χ4n) is 2.71. The van der Waals surface area contributed by atoms with Gasteiger partial charge in [-0.1, -0.05) is 13.0 Å². The largest absolute Gasteiger partial charge is 0.419 e. The number of rotatable bonds is 3. The fourth-order valence-corrected chi connectivity index (χ4v) is 2.71. The molecule has 0 radical (unpaired) electrons. The van der Waals surface area contributed by atoms with E-state index in [4.69, 9.17) is 10.5 Å². The lowest BCUT2D eigenvalue weighted by atomic mass is 9.87. The first kappa shape index (κ1) is 15.3. The topological polar surface area (TPSA) is 35.2 Å². The van der Waals surface area contributed by atoms with Gasteiger partial charge in [0.25, 0.3) is 0 Å². The second kappa shape index (κ2) is 5.69. The number of nitrogens with two attached hydrogens (primary N) is 1. The molecule has 112 valence electrons. The summed E-state index contributed by atoms with van der Waals surface area (Å²) in [6.07, 6.45) is -3.19. The molecule has 0 aromatic heterocycles. The molecule has 1 fully saturated rings. The summed E-state index contributed by atoms with van der Waals surface area (Å²) in [5.74, 6) is -1.27. The summed E-state index contributed by atoms with van der Waals surface area (Å²) in [6, 6.07) is 2.38. The minimum Gasteiger partial charge on any atom is -0.378 e. The van der Waals surface area contributed by atoms with Gasteiger partial charge in [0.05, 0.1) is 11.7 Å². The van der Waals surface area contributed by atoms with Crippen molar-refractivity contribution in [2.24, 2.45) is 11.7 Å². The Morgan fingerprint density at radius 3 is 2.65 bits per heavy atom. The van der Waals surface area contributed by atoms with Crippen LogP contribution in [0.25, 0.3) is 0 Å². The summed E-state index contributed by atoms with van der Waals surface area (Å²) >= 11 is 0. The van der Waals surface area contributed by atoms with Crippen molar-refractivity contribution in [2.75, 3.05) is 6.61 Å². The Morgan fingerprint density at radius 1 is 1.40 bits per heavy atom. The molecule has 1 aromatic rings. The summed E-state index contributed by atoms with van der Waals surface area (Å²) in [5.41, 5.74) is 5.18. The predicted octanol–water partition coefficient (Wildman–Crippen LogP) is 3.66. The van der Waals surface area contributed by atoms with Crippen molar-refractivity contribution in [2.45, 2.75) is 38.1 Å². The van der Waals surface area contributed by atoms with E-state index in [1.54, 1.807) is 0 Å². The highest BCUT2D eigenvalue weighted by atomic mass is 19.4. The van der Waals surface area contributed by atoms with Crippen molar-refractivity contribution < 1.29 is 22.3 Å². The van der Waals surface area contributed by atoms with Gasteiger partial charge >= 0.3 is 6.18 Å². The Labute approximate surface area is 114 Å². The Morgan fingerprint density at radius 2 is 2.10 bits per heavy atom. The molecule has 1 aliphatic rings. The maximum Gasteiger partial charge on any atom is 0.419 e. The van der Waals surface area contributed by atoms with Crippen molar-refractivity contribution in [1.29, 1.82) is 0 Å². The lowest BCUT2D eigenvalue weighted by molar-refractivity contribution is -0.140. The van der Waals surface area contributed by atoms with Gasteiger partial charge in [-0.05, 0) is 30.5 Å². The molecular formula is C14H17F4NO. The lowest BCUT2D eigenvalue weighted by Crippen LogP contribution is -2.28. The zero-order valence-electron chi connectivity index (χ0n) is 11.1. The molecule has 2 nitrogen and oxygen atoms in total. The number of hydrogen-bond acceptors (Lipinski definition) is 2. The molecule has 6 heteroatoms. The Bertz CT molecular complexity index is 475. The first-order chi connectivity index (χ1) is 9.34. The average Bonchev–Trinajstić information content (AvgIpc) is 2.84. The van der Waals surface area contributed by atoms with Crippen LogP contribution in [0.5, 0.6) is 0 Å². The van der Waals surface area contributed by atoms with Crippen LogP contribution in [0.15, 0.2) is 18.2 Å². The Balaban J connectivity index is 2.23. The molecule has 0 bridgehead atoms. The van der Waals surface area contributed by atoms with E-state index in [1.807, 2.05) is 6.92 Å². The number of halogens is 4. The molecule has 1 aromatic carbocycles. The van der Waals surface area contributed by atoms with Gasteiger partial charge < -0.3 is 10.5 Å². The van der Waals surface area contributed by atoms with Crippen molar-refractivity contribution in [3.05, 3.63) is 35.1 Å². The van der Waals surface area contributed by atoms with E-state index in [9.17, 15) is 17.6 Å². The molecule has 2 rings (SSSR count). The van der Waals surface area contributed by atoms with Crippen LogP contribution >= 0.6 is 0 Å². The van der Waals surface area contributed by atoms with Gasteiger partial charge in [0.2, 0.25) is 0 Å². The fraction of sp³-hybridized carbons (Fsp3) is 0.571. The van der Waals surface area contributed by atoms with E-state index in [0.717, 1.165) is 25.0 Å². The summed E-state index contributed by atoms with van der Waals surface area (Å²) in [4.78, 5) is 0. The molecule has 0 aliphatic carbocycles. The molecule has 20 heavy (non-hydrogen) atoms. The first-order valence-corrected chi connectivity index (χ1v) is 6.58. The van der Waals surface area contributed by atoms with Gasteiger partial charge in [0.15, 0.2) is 0 Å². The van der Waals surface area contributed by atoms with Gasteiger partial charge in [0, 0.05) is 18.6 Å². The SMILES string of the molecule is CCC1OCCC1C(N)c1ccc(C(F)(F)F)c(F)c1. The normalized spacial score (nSPS) is 24.9. The average molecular weight is 291 g/mol. The van der Waals surface area contributed by atoms with Crippen molar-refractivity contribution in [3.8, 4) is 0 Å². The molecule has 1 heterocycles. The zero-order chi connectivity index (χ0) is 14.9. The number of benzene rings is 1. The van der Waals surface area contributed by atoms with Gasteiger partial charge in [-0.3, -0.25) is 0 Å². The van der Waals surface area contributed by atoms with Crippen LogP contribution in [-0.4, -0.2) is 12.7 Å². The van der Waals surface area contributed by atoms with Crippen molar-refractivity contribution >= 4 is 0 Å². The van der Waals surface area contributed by atoms with E-state index >= 15 is 0 Å². The quantitative estimate of drug-likeness (QED) is 0.863. The number of alkyl halides is 3. The molecule has 1 aliphatic heterocycles. The lowest BCUT2D eigenvalue weighted by Gasteiger charge is -2.24. The third-order valence-electron chi connectivity index (χ3n) is 3.81. The summed E-state index contributed by atoms with van der Waals surface area (Å²) in [7, 11) is 0. The van der Waals surface area contributed by atoms with Crippen LogP contribution in [0.4, 0.5) is 17.6 Å². The van der Waals surface area contributed by atoms with E-state index in [2.05, 4.69) is 0 Å². The minimum atomic E-state index is -4.69. The third kappa shape index (κ3) is 2.96. The Kier molecular flexibility index (Phi) is 4.34. The number of ether oxygens (including phenoxy) is 1. The molecule has 1 saturated heterocycles. The van der Waals surface area contributed by atoms with Crippen LogP contribution < -0.4 is 5.73 Å². The van der Waals surface area contributed by atoms with E-state index < -0.39 is 23.6 Å². The van der Waals surface area contributed by atoms with Crippen molar-refractivity contribution in [3.63, 3.8) is 0 Å². The molecule has 0 saturated carbocycles. The monoisotopic (exact) mass is 291 g/mol. The second-order valence-corrected chi connectivity index (χ2v) is 5.03. The number of hydrogen-bond donors (Lipinski definition) is 1. The van der Waals surface area contributed by atoms with E-state index in [1.165, 1.54) is 6.07 Å². The van der Waals surface area contributed by atoms with Crippen LogP contribution in [0, 0.1) is 11.7 Å². The summed E-state index contributed by atoms with van der Waals surface area (Å²) < 4.78 is 56.6. The van der Waals surface area contributed by atoms with Gasteiger partial charge in [-0.15, -0.1) is 0 Å². The highest BCUT2D eigenvalue weighted by molar-refractivity contribution is 5.29. The molecule has 3 unspecified atom stereocenters. The van der Waals surface area contributed by atoms with Crippen LogP contribution in [0.3, 0.4) is 0 Å². The first-order valence-electron chi connectivity index (χ1n) is 6.58. The van der Waals surface area contributed by atoms with Gasteiger partial charge in [0.1, 0.15) is 5.82 Å². The highest BCUT2D eigenvalue weighted by Gasteiger charge is 2.36. The minimum absolute atomic E-state index is 0.0103. The molecule has 0 amide bonds. The highest BCUT2D eigenvalue weighted by Crippen LogP contribution is 2.36. The predicted molar refractivity (Wildman–Crippen MR) is 66.5 cm³/mol. The van der Waals surface area contributed by atoms with Gasteiger partial charge in [-0.25, -0.2) is 4.39 Å². The van der Waals surface area contributed by atoms with Crippen molar-refractivity contribution in [1.82, 2.24) is 0 Å². The smallest absolute Gasteiger partial charge is 0.378 e. The zero-order valence-corrected chi connectivity index (χ0v) is 11.1. The third-order valence-corrected chi connectivity index (χ3v) is 3.81. The maximum absolute atomic E-state index is 13.6. The Hall–Kier alpha value is -1.14. The van der Waals surface area contributed by atoms with E-state index in [-0.39, 0.29) is 12.0 Å². The molecule has 3 atom stereocenters. The van der Waals surface area contributed by atoms with Crippen LogP contribution in [0.1, 0.15) is 36.9 Å². The molecule has 0 spiro atoms.